The molecule has 0 aliphatic rings. The van der Waals surface area contributed by atoms with E-state index < -0.39 is 10.9 Å². The van der Waals surface area contributed by atoms with Crippen LogP contribution in [0.5, 0.6) is 11.5 Å². The summed E-state index contributed by atoms with van der Waals surface area (Å²) in [6.07, 6.45) is 3.81. The number of hydrogen-bond acceptors (Lipinski definition) is 4. The monoisotopic (exact) mass is 559 g/mol. The molecular formula is C35H26FNO5. The number of aryl methyl sites for hydroxylation is 1. The number of carbonyl (C=O) groups is 1. The second-order valence-corrected chi connectivity index (χ2v) is 9.81. The Morgan fingerprint density at radius 2 is 1.57 bits per heavy atom. The zero-order valence-electron chi connectivity index (χ0n) is 22.7. The average molecular weight is 560 g/mol. The molecule has 5 rings (SSSR count). The number of nitro groups is 1. The molecule has 42 heavy (non-hydrogen) atoms. The largest absolute Gasteiger partial charge is 0.478 e. The molecule has 0 saturated carbocycles. The Hall–Kier alpha value is -5.56. The minimum Gasteiger partial charge on any atom is -0.478 e. The van der Waals surface area contributed by atoms with E-state index in [-0.39, 0.29) is 22.8 Å². The Morgan fingerprint density at radius 1 is 0.857 bits per heavy atom. The van der Waals surface area contributed by atoms with Gasteiger partial charge in [-0.3, -0.25) is 10.1 Å². The van der Waals surface area contributed by atoms with Crippen LogP contribution in [0.3, 0.4) is 0 Å². The summed E-state index contributed by atoms with van der Waals surface area (Å²) < 4.78 is 19.5. The van der Waals surface area contributed by atoms with Crippen LogP contribution in [-0.2, 0) is 6.42 Å². The Bertz CT molecular complexity index is 1800. The maximum absolute atomic E-state index is 13.4. The second-order valence-electron chi connectivity index (χ2n) is 9.81. The number of carboxylic acids is 1. The van der Waals surface area contributed by atoms with E-state index in [1.165, 1.54) is 30.3 Å². The predicted molar refractivity (Wildman–Crippen MR) is 161 cm³/mol. The number of halogens is 1. The van der Waals surface area contributed by atoms with Crippen LogP contribution in [0.2, 0.25) is 0 Å². The molecule has 7 heteroatoms. The predicted octanol–water partition coefficient (Wildman–Crippen LogP) is 8.96. The Morgan fingerprint density at radius 3 is 2.29 bits per heavy atom. The van der Waals surface area contributed by atoms with Crippen LogP contribution in [0.4, 0.5) is 10.1 Å². The highest BCUT2D eigenvalue weighted by Gasteiger charge is 2.18. The van der Waals surface area contributed by atoms with Gasteiger partial charge in [0.25, 0.3) is 0 Å². The molecule has 0 bridgehead atoms. The third-order valence-corrected chi connectivity index (χ3v) is 6.77. The third kappa shape index (κ3) is 6.59. The quantitative estimate of drug-likeness (QED) is 0.111. The molecule has 6 nitrogen and oxygen atoms in total. The maximum atomic E-state index is 13.4. The van der Waals surface area contributed by atoms with Crippen LogP contribution in [0, 0.1) is 22.9 Å². The van der Waals surface area contributed by atoms with Gasteiger partial charge in [-0.25, -0.2) is 9.18 Å². The lowest BCUT2D eigenvalue weighted by Gasteiger charge is -2.13. The fourth-order valence-electron chi connectivity index (χ4n) is 4.65. The molecule has 0 amide bonds. The number of nitrogens with zero attached hydrogens (tertiary/aromatic N) is 1. The van der Waals surface area contributed by atoms with Gasteiger partial charge in [0.1, 0.15) is 11.6 Å². The molecule has 5 aromatic rings. The molecule has 0 aromatic heterocycles. The zero-order valence-corrected chi connectivity index (χ0v) is 22.7. The summed E-state index contributed by atoms with van der Waals surface area (Å²) >= 11 is 0. The molecule has 0 fully saturated rings. The number of benzene rings is 5. The normalized spacial score (nSPS) is 11.0. The fraction of sp³-hybridized carbons (Fsp3) is 0.0571. The molecule has 0 atom stereocenters. The van der Waals surface area contributed by atoms with Gasteiger partial charge in [-0.15, -0.1) is 0 Å². The Balaban J connectivity index is 1.45. The number of nitro benzene ring substituents is 1. The molecule has 0 heterocycles. The van der Waals surface area contributed by atoms with Gasteiger partial charge in [0.15, 0.2) is 0 Å². The van der Waals surface area contributed by atoms with Crippen molar-refractivity contribution in [3.05, 3.63) is 159 Å². The van der Waals surface area contributed by atoms with Gasteiger partial charge in [0, 0.05) is 12.5 Å². The van der Waals surface area contributed by atoms with E-state index in [2.05, 4.69) is 0 Å². The summed E-state index contributed by atoms with van der Waals surface area (Å²) in [4.78, 5) is 23.4. The van der Waals surface area contributed by atoms with Crippen molar-refractivity contribution in [2.75, 3.05) is 0 Å². The van der Waals surface area contributed by atoms with Gasteiger partial charge in [0.05, 0.1) is 10.5 Å². The molecule has 0 radical (unpaired) electrons. The van der Waals surface area contributed by atoms with E-state index in [4.69, 9.17) is 4.74 Å². The number of carboxylic acid groups (broad SMARTS) is 1. The summed E-state index contributed by atoms with van der Waals surface area (Å²) in [7, 11) is 0. The average Bonchev–Trinajstić information content (AvgIpc) is 2.98. The highest BCUT2D eigenvalue weighted by molar-refractivity contribution is 5.94. The highest BCUT2D eigenvalue weighted by atomic mass is 19.1. The summed E-state index contributed by atoms with van der Waals surface area (Å²) in [6, 6.07) is 30.9. The van der Waals surface area contributed by atoms with Crippen LogP contribution >= 0.6 is 0 Å². The lowest BCUT2D eigenvalue weighted by atomic mass is 9.98. The van der Waals surface area contributed by atoms with Crippen molar-refractivity contribution in [2.24, 2.45) is 0 Å². The van der Waals surface area contributed by atoms with E-state index in [0.717, 1.165) is 22.3 Å². The smallest absolute Gasteiger partial charge is 0.336 e. The fourth-order valence-corrected chi connectivity index (χ4v) is 4.65. The van der Waals surface area contributed by atoms with E-state index in [1.54, 1.807) is 42.5 Å². The molecular weight excluding hydrogens is 533 g/mol. The molecule has 5 aromatic carbocycles. The molecule has 1 N–H and O–H groups in total. The SMILES string of the molecule is Cc1ccc(Oc2ccc(C=Cc3cc(-c4ccc(F)cc4)ccc3C(=O)O)cc2[N+](=O)[O-])c(Cc2ccccc2)c1. The van der Waals surface area contributed by atoms with Gasteiger partial charge in [-0.05, 0) is 76.7 Å². The summed E-state index contributed by atoms with van der Waals surface area (Å²) in [5.41, 5.74) is 5.21. The molecule has 0 spiro atoms. The minimum absolute atomic E-state index is 0.0666. The van der Waals surface area contributed by atoms with Crippen LogP contribution in [-0.4, -0.2) is 16.0 Å². The molecule has 0 unspecified atom stereocenters. The third-order valence-electron chi connectivity index (χ3n) is 6.77. The molecule has 0 saturated heterocycles. The number of aromatic carboxylic acids is 1. The van der Waals surface area contributed by atoms with Crippen molar-refractivity contribution < 1.29 is 24.0 Å². The Kier molecular flexibility index (Phi) is 8.20. The molecule has 208 valence electrons. The first-order valence-corrected chi connectivity index (χ1v) is 13.2. The highest BCUT2D eigenvalue weighted by Crippen LogP contribution is 2.35. The Labute approximate surface area is 242 Å². The second kappa shape index (κ2) is 12.3. The van der Waals surface area contributed by atoms with Gasteiger partial charge < -0.3 is 9.84 Å². The van der Waals surface area contributed by atoms with Crippen molar-refractivity contribution in [2.45, 2.75) is 13.3 Å². The molecule has 0 aliphatic heterocycles. The number of ether oxygens (including phenoxy) is 1. The number of rotatable bonds is 9. The molecule has 0 aliphatic carbocycles. The minimum atomic E-state index is -1.11. The van der Waals surface area contributed by atoms with Crippen LogP contribution < -0.4 is 4.74 Å². The lowest BCUT2D eigenvalue weighted by Crippen LogP contribution is -1.99. The van der Waals surface area contributed by atoms with E-state index in [0.29, 0.717) is 28.9 Å². The summed E-state index contributed by atoms with van der Waals surface area (Å²) in [6.45, 7) is 1.98. The standard InChI is InChI=1S/C35H26FNO5/c1-23-7-17-33(29(19-23)20-24-5-3-2-4-6-24)42-34-18-9-25(21-32(34)37(40)41)8-10-28-22-27(13-16-31(28)35(38)39)26-11-14-30(36)15-12-26/h2-19,21-22H,20H2,1H3,(H,38,39). The summed E-state index contributed by atoms with van der Waals surface area (Å²) in [5, 5.41) is 21.7. The van der Waals surface area contributed by atoms with E-state index in [9.17, 15) is 24.4 Å². The van der Waals surface area contributed by atoms with Gasteiger partial charge in [-0.2, -0.15) is 0 Å². The maximum Gasteiger partial charge on any atom is 0.336 e. The number of hydrogen-bond donors (Lipinski definition) is 1. The topological polar surface area (TPSA) is 89.7 Å². The van der Waals surface area contributed by atoms with Gasteiger partial charge in [-0.1, -0.05) is 84.4 Å². The lowest BCUT2D eigenvalue weighted by molar-refractivity contribution is -0.385. The van der Waals surface area contributed by atoms with E-state index in [1.807, 2.05) is 55.5 Å². The van der Waals surface area contributed by atoms with Crippen molar-refractivity contribution in [1.82, 2.24) is 0 Å². The first-order chi connectivity index (χ1) is 20.3. The first kappa shape index (κ1) is 28.0. The van der Waals surface area contributed by atoms with Crippen molar-refractivity contribution in [3.8, 4) is 22.6 Å². The summed E-state index contributed by atoms with van der Waals surface area (Å²) in [5.74, 6) is -0.858. The van der Waals surface area contributed by atoms with Crippen LogP contribution in [0.25, 0.3) is 23.3 Å². The zero-order chi connectivity index (χ0) is 29.6. The van der Waals surface area contributed by atoms with Crippen LogP contribution in [0.15, 0.2) is 109 Å². The first-order valence-electron chi connectivity index (χ1n) is 13.2. The van der Waals surface area contributed by atoms with E-state index >= 15 is 0 Å². The van der Waals surface area contributed by atoms with Crippen molar-refractivity contribution in [1.29, 1.82) is 0 Å². The van der Waals surface area contributed by atoms with Crippen molar-refractivity contribution >= 4 is 23.8 Å². The van der Waals surface area contributed by atoms with Gasteiger partial charge >= 0.3 is 11.7 Å². The van der Waals surface area contributed by atoms with Crippen molar-refractivity contribution in [3.63, 3.8) is 0 Å². The van der Waals surface area contributed by atoms with Gasteiger partial charge in [0.2, 0.25) is 5.75 Å². The van der Waals surface area contributed by atoms with Crippen LogP contribution in [0.1, 0.15) is 38.2 Å².